The van der Waals surface area contributed by atoms with E-state index in [9.17, 15) is 17.2 Å². The molecule has 1 unspecified atom stereocenters. The molecule has 1 N–H and O–H groups in total. The predicted molar refractivity (Wildman–Crippen MR) is 78.3 cm³/mol. The van der Waals surface area contributed by atoms with Crippen molar-refractivity contribution in [2.24, 2.45) is 5.92 Å². The van der Waals surface area contributed by atoms with Crippen molar-refractivity contribution in [2.75, 3.05) is 31.5 Å². The van der Waals surface area contributed by atoms with E-state index >= 15 is 0 Å². The Labute approximate surface area is 124 Å². The summed E-state index contributed by atoms with van der Waals surface area (Å²) in [4.78, 5) is 1.99. The zero-order valence-electron chi connectivity index (χ0n) is 11.9. The number of nitrogens with one attached hydrogen (secondary N) is 1. The lowest BCUT2D eigenvalue weighted by molar-refractivity contribution is 0.235. The summed E-state index contributed by atoms with van der Waals surface area (Å²) in [6.07, 6.45) is 1.03. The Kier molecular flexibility index (Phi) is 5.16. The fourth-order valence-electron chi connectivity index (χ4n) is 2.58. The SMILES string of the molecule is CCN1CCC(CNc2ccccc2S(=O)(=O)C(F)F)C1. The summed E-state index contributed by atoms with van der Waals surface area (Å²) < 4.78 is 48.7. The summed E-state index contributed by atoms with van der Waals surface area (Å²) in [7, 11) is -4.57. The van der Waals surface area contributed by atoms with Gasteiger partial charge in [-0.25, -0.2) is 8.42 Å². The molecule has 1 fully saturated rings. The van der Waals surface area contributed by atoms with Crippen LogP contribution in [-0.4, -0.2) is 45.3 Å². The third-order valence-electron chi connectivity index (χ3n) is 3.83. The van der Waals surface area contributed by atoms with Gasteiger partial charge in [-0.1, -0.05) is 19.1 Å². The number of nitrogens with zero attached hydrogens (tertiary/aromatic N) is 1. The van der Waals surface area contributed by atoms with Gasteiger partial charge in [-0.05, 0) is 37.6 Å². The normalized spacial score (nSPS) is 20.1. The van der Waals surface area contributed by atoms with Gasteiger partial charge in [0.25, 0.3) is 0 Å². The van der Waals surface area contributed by atoms with Gasteiger partial charge in [0.1, 0.15) is 0 Å². The highest BCUT2D eigenvalue weighted by molar-refractivity contribution is 7.91. The number of anilines is 1. The predicted octanol–water partition coefficient (Wildman–Crippen LogP) is 2.44. The second-order valence-electron chi connectivity index (χ2n) is 5.23. The number of rotatable bonds is 6. The van der Waals surface area contributed by atoms with Crippen LogP contribution in [0.1, 0.15) is 13.3 Å². The van der Waals surface area contributed by atoms with Crippen molar-refractivity contribution in [1.82, 2.24) is 4.90 Å². The van der Waals surface area contributed by atoms with Crippen molar-refractivity contribution in [2.45, 2.75) is 24.0 Å². The van der Waals surface area contributed by atoms with E-state index < -0.39 is 15.6 Å². The standard InChI is InChI=1S/C14H20F2N2O2S/c1-2-18-8-7-11(10-18)9-17-12-5-3-4-6-13(12)21(19,20)14(15)16/h3-6,11,14,17H,2,7-10H2,1H3. The van der Waals surface area contributed by atoms with E-state index in [4.69, 9.17) is 0 Å². The van der Waals surface area contributed by atoms with Crippen molar-refractivity contribution >= 4 is 15.5 Å². The van der Waals surface area contributed by atoms with E-state index in [1.54, 1.807) is 6.07 Å². The van der Waals surface area contributed by atoms with Crippen molar-refractivity contribution < 1.29 is 17.2 Å². The van der Waals surface area contributed by atoms with Crippen LogP contribution in [0.2, 0.25) is 0 Å². The molecule has 0 radical (unpaired) electrons. The minimum absolute atomic E-state index is 0.257. The first kappa shape index (κ1) is 16.2. The maximum atomic E-state index is 12.7. The van der Waals surface area contributed by atoms with Crippen molar-refractivity contribution in [3.8, 4) is 0 Å². The number of benzene rings is 1. The van der Waals surface area contributed by atoms with E-state index in [1.807, 2.05) is 0 Å². The van der Waals surface area contributed by atoms with Gasteiger partial charge < -0.3 is 10.2 Å². The van der Waals surface area contributed by atoms with Crippen LogP contribution in [0.25, 0.3) is 0 Å². The molecule has 1 aromatic rings. The molecule has 7 heteroatoms. The van der Waals surface area contributed by atoms with Crippen LogP contribution >= 0.6 is 0 Å². The van der Waals surface area contributed by atoms with Crippen molar-refractivity contribution in [1.29, 1.82) is 0 Å². The summed E-state index contributed by atoms with van der Waals surface area (Å²) >= 11 is 0. The lowest BCUT2D eigenvalue weighted by Crippen LogP contribution is -2.23. The largest absolute Gasteiger partial charge is 0.384 e. The first-order valence-corrected chi connectivity index (χ1v) is 8.57. The molecule has 1 aromatic carbocycles. The van der Waals surface area contributed by atoms with Crippen molar-refractivity contribution in [3.05, 3.63) is 24.3 Å². The number of halogens is 2. The molecule has 1 aliphatic rings. The van der Waals surface area contributed by atoms with Crippen LogP contribution in [0.3, 0.4) is 0 Å². The van der Waals surface area contributed by atoms with Gasteiger partial charge in [-0.2, -0.15) is 8.78 Å². The minimum Gasteiger partial charge on any atom is -0.384 e. The highest BCUT2D eigenvalue weighted by atomic mass is 32.2. The summed E-state index contributed by atoms with van der Waals surface area (Å²) in [5.41, 5.74) is 0.257. The summed E-state index contributed by atoms with van der Waals surface area (Å²) in [6, 6.07) is 5.84. The van der Waals surface area contributed by atoms with Crippen LogP contribution in [0.5, 0.6) is 0 Å². The van der Waals surface area contributed by atoms with Gasteiger partial charge in [0, 0.05) is 13.1 Å². The molecule has 0 aromatic heterocycles. The summed E-state index contributed by atoms with van der Waals surface area (Å²) in [6.45, 7) is 5.66. The number of likely N-dealkylation sites (tertiary alicyclic amines) is 1. The smallest absolute Gasteiger partial charge is 0.341 e. The molecule has 4 nitrogen and oxygen atoms in total. The Bertz CT molecular complexity index is 578. The first-order valence-electron chi connectivity index (χ1n) is 7.02. The van der Waals surface area contributed by atoms with Crippen LogP contribution in [0, 0.1) is 5.92 Å². The Balaban J connectivity index is 2.08. The number of hydrogen-bond acceptors (Lipinski definition) is 4. The second-order valence-corrected chi connectivity index (χ2v) is 7.12. The van der Waals surface area contributed by atoms with Crippen LogP contribution in [0.15, 0.2) is 29.2 Å². The average molecular weight is 318 g/mol. The van der Waals surface area contributed by atoms with Gasteiger partial charge in [-0.3, -0.25) is 0 Å². The van der Waals surface area contributed by atoms with E-state index in [2.05, 4.69) is 17.1 Å². The zero-order chi connectivity index (χ0) is 15.5. The Morgan fingerprint density at radius 2 is 2.10 bits per heavy atom. The quantitative estimate of drug-likeness (QED) is 0.875. The Morgan fingerprint density at radius 1 is 1.38 bits per heavy atom. The molecular weight excluding hydrogens is 298 g/mol. The summed E-state index contributed by atoms with van der Waals surface area (Å²) in [5, 5.41) is 3.02. The Hall–Kier alpha value is -1.21. The maximum Gasteiger partial charge on any atom is 0.341 e. The molecular formula is C14H20F2N2O2S. The van der Waals surface area contributed by atoms with Gasteiger partial charge in [0.15, 0.2) is 0 Å². The number of hydrogen-bond donors (Lipinski definition) is 1. The number of alkyl halides is 2. The average Bonchev–Trinajstić information content (AvgIpc) is 2.93. The monoisotopic (exact) mass is 318 g/mol. The van der Waals surface area contributed by atoms with Crippen LogP contribution < -0.4 is 5.32 Å². The molecule has 118 valence electrons. The third kappa shape index (κ3) is 3.71. The highest BCUT2D eigenvalue weighted by Gasteiger charge is 2.29. The molecule has 0 saturated carbocycles. The van der Waals surface area contributed by atoms with Gasteiger partial charge in [0.05, 0.1) is 10.6 Å². The third-order valence-corrected chi connectivity index (χ3v) is 5.26. The zero-order valence-corrected chi connectivity index (χ0v) is 12.7. The summed E-state index contributed by atoms with van der Waals surface area (Å²) in [5.74, 6) is -2.99. The second kappa shape index (κ2) is 6.70. The fourth-order valence-corrected chi connectivity index (χ4v) is 3.48. The molecule has 1 aliphatic heterocycles. The minimum atomic E-state index is -4.57. The first-order chi connectivity index (χ1) is 9.95. The molecule has 0 amide bonds. The fraction of sp³-hybridized carbons (Fsp3) is 0.571. The van der Waals surface area contributed by atoms with E-state index in [-0.39, 0.29) is 10.6 Å². The Morgan fingerprint density at radius 3 is 2.71 bits per heavy atom. The van der Waals surface area contributed by atoms with Gasteiger partial charge >= 0.3 is 5.76 Å². The molecule has 1 heterocycles. The van der Waals surface area contributed by atoms with Crippen molar-refractivity contribution in [3.63, 3.8) is 0 Å². The topological polar surface area (TPSA) is 49.4 Å². The molecule has 0 bridgehead atoms. The molecule has 1 atom stereocenters. The molecule has 1 saturated heterocycles. The molecule has 0 aliphatic carbocycles. The van der Waals surface area contributed by atoms with Gasteiger partial charge in [0.2, 0.25) is 9.84 Å². The van der Waals surface area contributed by atoms with Crippen LogP contribution in [-0.2, 0) is 9.84 Å². The van der Waals surface area contributed by atoms with Crippen LogP contribution in [0.4, 0.5) is 14.5 Å². The number of sulfone groups is 1. The highest BCUT2D eigenvalue weighted by Crippen LogP contribution is 2.27. The lowest BCUT2D eigenvalue weighted by Gasteiger charge is -2.16. The molecule has 0 spiro atoms. The maximum absolute atomic E-state index is 12.7. The number of para-hydroxylation sites is 1. The van der Waals surface area contributed by atoms with E-state index in [0.717, 1.165) is 26.1 Å². The van der Waals surface area contributed by atoms with E-state index in [0.29, 0.717) is 12.5 Å². The molecule has 2 rings (SSSR count). The van der Waals surface area contributed by atoms with Gasteiger partial charge in [-0.15, -0.1) is 0 Å². The molecule has 21 heavy (non-hydrogen) atoms. The van der Waals surface area contributed by atoms with E-state index in [1.165, 1.54) is 18.2 Å². The lowest BCUT2D eigenvalue weighted by atomic mass is 10.1.